The van der Waals surface area contributed by atoms with Gasteiger partial charge in [0.05, 0.1) is 15.1 Å². The molecule has 1 N–H and O–H groups in total. The number of fused-ring (bicyclic) bond motifs is 1. The minimum atomic E-state index is -0.375. The molecule has 2 fully saturated rings. The van der Waals surface area contributed by atoms with Crippen molar-refractivity contribution in [3.8, 4) is 0 Å². The van der Waals surface area contributed by atoms with Crippen molar-refractivity contribution in [2.75, 3.05) is 44.2 Å². The molecule has 1 aromatic carbocycles. The van der Waals surface area contributed by atoms with E-state index >= 15 is 0 Å². The van der Waals surface area contributed by atoms with Crippen LogP contribution in [0.25, 0.3) is 10.2 Å². The highest BCUT2D eigenvalue weighted by Gasteiger charge is 2.29. The third kappa shape index (κ3) is 3.78. The van der Waals surface area contributed by atoms with Crippen LogP contribution in [0.3, 0.4) is 0 Å². The van der Waals surface area contributed by atoms with Crippen LogP contribution < -0.4 is 10.2 Å². The molecule has 0 radical (unpaired) electrons. The second-order valence-corrected chi connectivity index (χ2v) is 7.81. The van der Waals surface area contributed by atoms with Crippen molar-refractivity contribution in [1.29, 1.82) is 0 Å². The van der Waals surface area contributed by atoms with Gasteiger partial charge in [0, 0.05) is 57.3 Å². The van der Waals surface area contributed by atoms with E-state index in [2.05, 4.69) is 20.1 Å². The van der Waals surface area contributed by atoms with Gasteiger partial charge < -0.3 is 10.2 Å². The molecule has 1 aliphatic heterocycles. The molecule has 4 rings (SSSR count). The van der Waals surface area contributed by atoms with Gasteiger partial charge in [-0.05, 0) is 18.9 Å². The average Bonchev–Trinajstić information content (AvgIpc) is 3.41. The molecule has 1 saturated heterocycles. The Morgan fingerprint density at radius 1 is 1.31 bits per heavy atom. The normalized spacial score (nSPS) is 18.2. The smallest absolute Gasteiger partial charge is 0.270 e. The first kappa shape index (κ1) is 17.2. The second-order valence-electron chi connectivity index (χ2n) is 6.80. The number of rotatable bonds is 6. The quantitative estimate of drug-likeness (QED) is 0.612. The number of nitro groups is 1. The molecule has 0 bridgehead atoms. The van der Waals surface area contributed by atoms with Crippen LogP contribution in [0.4, 0.5) is 10.8 Å². The molecule has 0 unspecified atom stereocenters. The maximum atomic E-state index is 11.6. The SMILES string of the molecule is O=C(NCCN1CCN(c2nc3ccc([N+](=O)[O-])cc3s2)CC1)C1CC1. The second kappa shape index (κ2) is 7.16. The number of nitrogens with zero attached hydrogens (tertiary/aromatic N) is 4. The Balaban J connectivity index is 1.30. The van der Waals surface area contributed by atoms with E-state index in [1.54, 1.807) is 12.1 Å². The van der Waals surface area contributed by atoms with Crippen molar-refractivity contribution in [3.63, 3.8) is 0 Å². The summed E-state index contributed by atoms with van der Waals surface area (Å²) in [5.41, 5.74) is 0.909. The number of hydrogen-bond acceptors (Lipinski definition) is 7. The topological polar surface area (TPSA) is 91.6 Å². The van der Waals surface area contributed by atoms with Crippen molar-refractivity contribution >= 4 is 38.3 Å². The van der Waals surface area contributed by atoms with Crippen molar-refractivity contribution in [3.05, 3.63) is 28.3 Å². The number of aromatic nitrogens is 1. The molecular weight excluding hydrogens is 354 g/mol. The van der Waals surface area contributed by atoms with Gasteiger partial charge in [0.15, 0.2) is 5.13 Å². The Bertz CT molecular complexity index is 827. The Labute approximate surface area is 154 Å². The number of carbonyl (C=O) groups is 1. The molecule has 2 aliphatic rings. The maximum Gasteiger partial charge on any atom is 0.270 e. The summed E-state index contributed by atoms with van der Waals surface area (Å²) in [5.74, 6) is 0.467. The molecule has 0 spiro atoms. The van der Waals surface area contributed by atoms with E-state index in [0.717, 1.165) is 60.9 Å². The summed E-state index contributed by atoms with van der Waals surface area (Å²) in [6, 6.07) is 4.81. The first-order chi connectivity index (χ1) is 12.6. The molecule has 1 aliphatic carbocycles. The molecule has 1 saturated carbocycles. The zero-order valence-electron chi connectivity index (χ0n) is 14.4. The molecule has 2 heterocycles. The van der Waals surface area contributed by atoms with Crippen molar-refractivity contribution < 1.29 is 9.72 Å². The van der Waals surface area contributed by atoms with Crippen molar-refractivity contribution in [1.82, 2.24) is 15.2 Å². The van der Waals surface area contributed by atoms with Gasteiger partial charge in [-0.2, -0.15) is 0 Å². The number of thiazole rings is 1. The molecule has 138 valence electrons. The number of carbonyl (C=O) groups excluding carboxylic acids is 1. The predicted molar refractivity (Wildman–Crippen MR) is 101 cm³/mol. The van der Waals surface area contributed by atoms with Gasteiger partial charge in [0.2, 0.25) is 5.91 Å². The monoisotopic (exact) mass is 375 g/mol. The zero-order chi connectivity index (χ0) is 18.1. The molecule has 1 aromatic heterocycles. The first-order valence-corrected chi connectivity index (χ1v) is 9.72. The third-order valence-corrected chi connectivity index (χ3v) is 5.97. The van der Waals surface area contributed by atoms with Gasteiger partial charge >= 0.3 is 0 Å². The maximum absolute atomic E-state index is 11.6. The number of piperazine rings is 1. The van der Waals surface area contributed by atoms with E-state index in [1.807, 2.05) is 0 Å². The fraction of sp³-hybridized carbons (Fsp3) is 0.529. The van der Waals surface area contributed by atoms with Gasteiger partial charge in [-0.25, -0.2) is 4.98 Å². The van der Waals surface area contributed by atoms with Gasteiger partial charge in [0.25, 0.3) is 5.69 Å². The zero-order valence-corrected chi connectivity index (χ0v) is 15.2. The van der Waals surface area contributed by atoms with E-state index in [4.69, 9.17) is 0 Å². The summed E-state index contributed by atoms with van der Waals surface area (Å²) in [6.45, 7) is 5.18. The molecular formula is C17H21N5O3S. The van der Waals surface area contributed by atoms with Crippen LogP contribution in [0.15, 0.2) is 18.2 Å². The Hall–Kier alpha value is -2.26. The Morgan fingerprint density at radius 2 is 2.08 bits per heavy atom. The van der Waals surface area contributed by atoms with Crippen LogP contribution in [0, 0.1) is 16.0 Å². The number of benzene rings is 1. The first-order valence-electron chi connectivity index (χ1n) is 8.90. The highest BCUT2D eigenvalue weighted by Crippen LogP contribution is 2.32. The van der Waals surface area contributed by atoms with E-state index in [9.17, 15) is 14.9 Å². The lowest BCUT2D eigenvalue weighted by Crippen LogP contribution is -2.48. The summed E-state index contributed by atoms with van der Waals surface area (Å²) in [5, 5.41) is 14.8. The lowest BCUT2D eigenvalue weighted by atomic mass is 10.3. The number of nitrogens with one attached hydrogen (secondary N) is 1. The van der Waals surface area contributed by atoms with Crippen molar-refractivity contribution in [2.24, 2.45) is 5.92 Å². The third-order valence-electron chi connectivity index (χ3n) is 4.89. The van der Waals surface area contributed by atoms with Crippen LogP contribution in [0.2, 0.25) is 0 Å². The summed E-state index contributed by atoms with van der Waals surface area (Å²) >= 11 is 1.50. The van der Waals surface area contributed by atoms with E-state index in [1.165, 1.54) is 17.4 Å². The lowest BCUT2D eigenvalue weighted by Gasteiger charge is -2.34. The average molecular weight is 375 g/mol. The van der Waals surface area contributed by atoms with Crippen LogP contribution >= 0.6 is 11.3 Å². The van der Waals surface area contributed by atoms with Crippen molar-refractivity contribution in [2.45, 2.75) is 12.8 Å². The van der Waals surface area contributed by atoms with Gasteiger partial charge in [-0.3, -0.25) is 19.8 Å². The molecule has 0 atom stereocenters. The molecule has 2 aromatic rings. The molecule has 1 amide bonds. The largest absolute Gasteiger partial charge is 0.355 e. The minimum absolute atomic E-state index is 0.103. The number of nitro benzene ring substituents is 1. The van der Waals surface area contributed by atoms with Crippen LogP contribution in [-0.2, 0) is 4.79 Å². The standard InChI is InChI=1S/C17H21N5O3S/c23-16(12-1-2-12)18-5-6-20-7-9-21(10-8-20)17-19-14-4-3-13(22(24)25)11-15(14)26-17/h3-4,11-12H,1-2,5-10H2,(H,18,23). The highest BCUT2D eigenvalue weighted by molar-refractivity contribution is 7.22. The van der Waals surface area contributed by atoms with E-state index in [0.29, 0.717) is 6.54 Å². The number of anilines is 1. The van der Waals surface area contributed by atoms with Gasteiger partial charge in [0.1, 0.15) is 0 Å². The van der Waals surface area contributed by atoms with E-state index in [-0.39, 0.29) is 22.4 Å². The summed E-state index contributed by atoms with van der Waals surface area (Å²) < 4.78 is 0.847. The molecule has 26 heavy (non-hydrogen) atoms. The minimum Gasteiger partial charge on any atom is -0.355 e. The molecule has 8 nitrogen and oxygen atoms in total. The van der Waals surface area contributed by atoms with E-state index < -0.39 is 0 Å². The molecule has 9 heteroatoms. The van der Waals surface area contributed by atoms with Gasteiger partial charge in [-0.1, -0.05) is 11.3 Å². The fourth-order valence-corrected chi connectivity index (χ4v) is 4.19. The number of amides is 1. The highest BCUT2D eigenvalue weighted by atomic mass is 32.1. The Kier molecular flexibility index (Phi) is 4.73. The summed E-state index contributed by atoms with van der Waals surface area (Å²) in [7, 11) is 0. The van der Waals surface area contributed by atoms with Gasteiger partial charge in [-0.15, -0.1) is 0 Å². The lowest BCUT2D eigenvalue weighted by molar-refractivity contribution is -0.384. The summed E-state index contributed by atoms with van der Waals surface area (Å²) in [6.07, 6.45) is 2.08. The number of hydrogen-bond donors (Lipinski definition) is 1. The Morgan fingerprint density at radius 3 is 2.77 bits per heavy atom. The van der Waals surface area contributed by atoms with Crippen LogP contribution in [0.1, 0.15) is 12.8 Å². The number of non-ortho nitro benzene ring substituents is 1. The summed E-state index contributed by atoms with van der Waals surface area (Å²) in [4.78, 5) is 31.4. The van der Waals surface area contributed by atoms with Crippen LogP contribution in [0.5, 0.6) is 0 Å². The fourth-order valence-electron chi connectivity index (χ4n) is 3.14. The van der Waals surface area contributed by atoms with Crippen LogP contribution in [-0.4, -0.2) is 60.0 Å². The predicted octanol–water partition coefficient (Wildman–Crippen LogP) is 1.85.